The number of H-pyrrole nitrogens is 1. The number of nitrogens with zero attached hydrogens (tertiary/aromatic N) is 2. The summed E-state index contributed by atoms with van der Waals surface area (Å²) in [6.45, 7) is 0. The fourth-order valence-electron chi connectivity index (χ4n) is 0.273. The van der Waals surface area contributed by atoms with Gasteiger partial charge in [0.25, 0.3) is 0 Å². The summed E-state index contributed by atoms with van der Waals surface area (Å²) in [5.74, 6) is 0. The smallest absolute Gasteiger partial charge is 0.117 e. The highest BCUT2D eigenvalue weighted by Crippen LogP contribution is 1.49. The Morgan fingerprint density at radius 2 is 2.67 bits per heavy atom. The summed E-state index contributed by atoms with van der Waals surface area (Å²) >= 11 is 0. The zero-order valence-electron chi connectivity index (χ0n) is 3.47. The Kier molecular flexibility index (Phi) is 0.718. The highest BCUT2D eigenvalue weighted by molar-refractivity contribution is 6.28. The number of nitrogens with one attached hydrogen (secondary N) is 1. The maximum atomic E-state index is 3.81. The Morgan fingerprint density at radius 1 is 1.83 bits per heavy atom. The van der Waals surface area contributed by atoms with Crippen molar-refractivity contribution in [1.29, 1.82) is 0 Å². The van der Waals surface area contributed by atoms with E-state index in [2.05, 4.69) is 15.2 Å². The Morgan fingerprint density at radius 3 is 2.83 bits per heavy atom. The lowest BCUT2D eigenvalue weighted by molar-refractivity contribution is 1.11. The molecule has 0 saturated carbocycles. The van der Waals surface area contributed by atoms with Crippen LogP contribution >= 0.6 is 0 Å². The first-order chi connectivity index (χ1) is 2.89. The van der Waals surface area contributed by atoms with Crippen LogP contribution < -0.4 is 5.45 Å². The molecule has 0 aromatic carbocycles. The normalized spacial score (nSPS) is 9.33. The van der Waals surface area contributed by atoms with E-state index in [1.54, 1.807) is 6.33 Å². The molecule has 32 valence electrons. The van der Waals surface area contributed by atoms with Crippen molar-refractivity contribution in [1.82, 2.24) is 15.2 Å². The summed E-state index contributed by atoms with van der Waals surface area (Å²) in [7, 11) is 0.943. The molecule has 0 atom stereocenters. The minimum atomic E-state index is 0.926. The molecule has 0 fully saturated rings. The van der Waals surface area contributed by atoms with Crippen molar-refractivity contribution in [3.63, 3.8) is 0 Å². The molecule has 1 rings (SSSR count). The molecule has 0 saturated heterocycles. The molecule has 6 heavy (non-hydrogen) atoms. The third kappa shape index (κ3) is 0.461. The zero-order valence-corrected chi connectivity index (χ0v) is 5.47. The van der Waals surface area contributed by atoms with Crippen LogP contribution in [0.3, 0.4) is 0 Å². The summed E-state index contributed by atoms with van der Waals surface area (Å²) in [4.78, 5) is 3.81. The lowest BCUT2D eigenvalue weighted by Gasteiger charge is -1.63. The third-order valence-electron chi connectivity index (χ3n) is 0.535. The van der Waals surface area contributed by atoms with E-state index in [0.29, 0.717) is 0 Å². The average Bonchev–Trinajstić information content (AvgIpc) is 1.86. The van der Waals surface area contributed by atoms with Gasteiger partial charge in [-0.1, -0.05) is 0 Å². The number of hydrogen-bond donors (Lipinski definition) is 1. The summed E-state index contributed by atoms with van der Waals surface area (Å²) in [6.07, 6.45) is 1.59. The molecule has 0 amide bonds. The van der Waals surface area contributed by atoms with Crippen LogP contribution in [0.5, 0.6) is 0 Å². The van der Waals surface area contributed by atoms with Gasteiger partial charge >= 0.3 is 0 Å². The van der Waals surface area contributed by atoms with Crippen molar-refractivity contribution in [2.75, 3.05) is 0 Å². The van der Waals surface area contributed by atoms with Gasteiger partial charge in [0.05, 0.1) is 10.2 Å². The molecule has 0 aliphatic rings. The Hall–Kier alpha value is -0.643. The number of aromatic nitrogens is 3. The van der Waals surface area contributed by atoms with Crippen molar-refractivity contribution in [2.24, 2.45) is 0 Å². The Bertz CT molecular complexity index is 112. The van der Waals surface area contributed by atoms with Crippen molar-refractivity contribution < 1.29 is 0 Å². The zero-order chi connectivity index (χ0) is 4.41. The highest BCUT2D eigenvalue weighted by atomic mass is 28.1. The first-order valence-electron chi connectivity index (χ1n) is 1.72. The average molecular weight is 99.2 g/mol. The molecule has 1 aromatic rings. The first kappa shape index (κ1) is 3.54. The molecule has 0 bridgehead atoms. The van der Waals surface area contributed by atoms with E-state index >= 15 is 0 Å². The van der Waals surface area contributed by atoms with Crippen LogP contribution in [0.15, 0.2) is 6.33 Å². The highest BCUT2D eigenvalue weighted by Gasteiger charge is 1.76. The summed E-state index contributed by atoms with van der Waals surface area (Å²) < 4.78 is 0. The molecule has 0 aliphatic heterocycles. The van der Waals surface area contributed by atoms with E-state index in [1.165, 1.54) is 0 Å². The van der Waals surface area contributed by atoms with Crippen molar-refractivity contribution in [3.05, 3.63) is 6.33 Å². The predicted molar refractivity (Wildman–Crippen MR) is 26.0 cm³/mol. The minimum Gasteiger partial charge on any atom is -0.266 e. The van der Waals surface area contributed by atoms with E-state index in [-0.39, 0.29) is 0 Å². The number of hydrogen-bond acceptors (Lipinski definition) is 2. The monoisotopic (exact) mass is 99.0 g/mol. The van der Waals surface area contributed by atoms with Gasteiger partial charge < -0.3 is 0 Å². The Labute approximate surface area is 38.2 Å². The minimum absolute atomic E-state index is 0.926. The number of rotatable bonds is 0. The predicted octanol–water partition coefficient (Wildman–Crippen LogP) is -2.20. The van der Waals surface area contributed by atoms with E-state index in [1.807, 2.05) is 0 Å². The maximum absolute atomic E-state index is 3.81. The second-order valence-electron chi connectivity index (χ2n) is 1.05. The molecule has 1 heterocycles. The molecule has 0 aliphatic carbocycles. The van der Waals surface area contributed by atoms with E-state index in [0.717, 1.165) is 15.7 Å². The molecule has 1 aromatic heterocycles. The third-order valence-corrected chi connectivity index (χ3v) is 1.02. The van der Waals surface area contributed by atoms with Gasteiger partial charge in [0.15, 0.2) is 0 Å². The van der Waals surface area contributed by atoms with Gasteiger partial charge in [0, 0.05) is 0 Å². The quantitative estimate of drug-likeness (QED) is 0.375. The molecule has 0 radical (unpaired) electrons. The standard InChI is InChI=1S/C2H5N3Si/c6-2-3-1-4-5-2/h1H,6H3,(H,3,4,5). The lowest BCUT2D eigenvalue weighted by atomic mass is 11.3. The number of aromatic amines is 1. The molecule has 0 spiro atoms. The van der Waals surface area contributed by atoms with Gasteiger partial charge in [0.2, 0.25) is 0 Å². The molecule has 1 N–H and O–H groups in total. The molecule has 4 heteroatoms. The first-order valence-corrected chi connectivity index (χ1v) is 2.72. The van der Waals surface area contributed by atoms with Crippen molar-refractivity contribution >= 4 is 15.7 Å². The fourth-order valence-corrected chi connectivity index (χ4v) is 0.532. The van der Waals surface area contributed by atoms with Gasteiger partial charge in [-0.25, -0.2) is 4.98 Å². The van der Waals surface area contributed by atoms with Crippen molar-refractivity contribution in [2.45, 2.75) is 0 Å². The van der Waals surface area contributed by atoms with Gasteiger partial charge in [-0.3, -0.25) is 5.10 Å². The van der Waals surface area contributed by atoms with Crippen LogP contribution in [-0.4, -0.2) is 25.4 Å². The summed E-state index contributed by atoms with van der Waals surface area (Å²) in [6, 6.07) is 0. The van der Waals surface area contributed by atoms with E-state index < -0.39 is 0 Å². The fraction of sp³-hybridized carbons (Fsp3) is 0. The largest absolute Gasteiger partial charge is 0.266 e. The van der Waals surface area contributed by atoms with E-state index in [4.69, 9.17) is 0 Å². The van der Waals surface area contributed by atoms with Gasteiger partial charge in [-0.15, -0.1) is 0 Å². The molecular formula is C2H5N3Si. The lowest BCUT2D eigenvalue weighted by Crippen LogP contribution is -2.05. The van der Waals surface area contributed by atoms with Gasteiger partial charge in [0.1, 0.15) is 11.8 Å². The maximum Gasteiger partial charge on any atom is 0.117 e. The topological polar surface area (TPSA) is 41.6 Å². The second kappa shape index (κ2) is 1.21. The van der Waals surface area contributed by atoms with Gasteiger partial charge in [-0.2, -0.15) is 5.10 Å². The van der Waals surface area contributed by atoms with Crippen LogP contribution in [0.1, 0.15) is 0 Å². The van der Waals surface area contributed by atoms with E-state index in [9.17, 15) is 0 Å². The van der Waals surface area contributed by atoms with Crippen LogP contribution in [0.2, 0.25) is 0 Å². The van der Waals surface area contributed by atoms with Gasteiger partial charge in [-0.05, 0) is 0 Å². The summed E-state index contributed by atoms with van der Waals surface area (Å²) in [5, 5.41) is 6.35. The molecule has 0 unspecified atom stereocenters. The SMILES string of the molecule is [SiH3]c1nc[nH]n1. The van der Waals surface area contributed by atoms with Crippen LogP contribution in [0, 0.1) is 0 Å². The van der Waals surface area contributed by atoms with Crippen LogP contribution in [0.4, 0.5) is 0 Å². The summed E-state index contributed by atoms with van der Waals surface area (Å²) in [5.41, 5.74) is 0.926. The van der Waals surface area contributed by atoms with Crippen molar-refractivity contribution in [3.8, 4) is 0 Å². The molecular weight excluding hydrogens is 94.1 g/mol. The second-order valence-corrected chi connectivity index (χ2v) is 1.94. The van der Waals surface area contributed by atoms with Crippen LogP contribution in [-0.2, 0) is 0 Å². The van der Waals surface area contributed by atoms with Crippen LogP contribution in [0.25, 0.3) is 0 Å². The molecule has 3 nitrogen and oxygen atoms in total. The Balaban J connectivity index is 3.05.